The van der Waals surface area contributed by atoms with Crippen LogP contribution in [0.1, 0.15) is 36.1 Å². The van der Waals surface area contributed by atoms with Crippen molar-refractivity contribution in [2.75, 3.05) is 13.1 Å². The lowest BCUT2D eigenvalue weighted by Gasteiger charge is -2.29. The van der Waals surface area contributed by atoms with Gasteiger partial charge >= 0.3 is 0 Å². The highest BCUT2D eigenvalue weighted by Gasteiger charge is 2.22. The van der Waals surface area contributed by atoms with Gasteiger partial charge in [-0.2, -0.15) is 0 Å². The summed E-state index contributed by atoms with van der Waals surface area (Å²) in [5, 5.41) is 13.1. The summed E-state index contributed by atoms with van der Waals surface area (Å²) >= 11 is 0. The number of amidine groups is 1. The number of hydrogen-bond donors (Lipinski definition) is 1. The van der Waals surface area contributed by atoms with E-state index in [1.54, 1.807) is 0 Å². The maximum absolute atomic E-state index is 9.59. The van der Waals surface area contributed by atoms with E-state index in [0.29, 0.717) is 17.3 Å². The number of ether oxygens (including phenoxy) is 1. The van der Waals surface area contributed by atoms with E-state index in [2.05, 4.69) is 15.0 Å². The van der Waals surface area contributed by atoms with Gasteiger partial charge in [-0.15, -0.1) is 0 Å². The number of pyridine rings is 1. The van der Waals surface area contributed by atoms with E-state index in [1.165, 1.54) is 12.0 Å². The molecule has 0 spiro atoms. The quantitative estimate of drug-likeness (QED) is 0.399. The molecular formula is C19H23N3O2. The summed E-state index contributed by atoms with van der Waals surface area (Å²) in [6, 6.07) is 11.6. The molecular weight excluding hydrogens is 302 g/mol. The average molecular weight is 325 g/mol. The lowest BCUT2D eigenvalue weighted by atomic mass is 10.1. The van der Waals surface area contributed by atoms with Crippen LogP contribution in [0, 0.1) is 13.8 Å². The van der Waals surface area contributed by atoms with Crippen LogP contribution in [-0.4, -0.2) is 34.0 Å². The van der Waals surface area contributed by atoms with Crippen LogP contribution < -0.4 is 4.74 Å². The third-order valence-electron chi connectivity index (χ3n) is 4.23. The molecule has 1 aliphatic rings. The van der Waals surface area contributed by atoms with E-state index in [-0.39, 0.29) is 0 Å². The fourth-order valence-electron chi connectivity index (χ4n) is 2.89. The minimum atomic E-state index is 0.470. The Morgan fingerprint density at radius 3 is 2.42 bits per heavy atom. The van der Waals surface area contributed by atoms with Gasteiger partial charge in [-0.1, -0.05) is 22.9 Å². The molecule has 2 heterocycles. The number of aromatic nitrogens is 1. The van der Waals surface area contributed by atoms with Crippen LogP contribution in [0.2, 0.25) is 0 Å². The molecule has 1 N–H and O–H groups in total. The zero-order chi connectivity index (χ0) is 16.9. The molecule has 1 aromatic carbocycles. The van der Waals surface area contributed by atoms with Gasteiger partial charge in [0.1, 0.15) is 5.75 Å². The summed E-state index contributed by atoms with van der Waals surface area (Å²) in [5.41, 5.74) is 2.74. The van der Waals surface area contributed by atoms with Gasteiger partial charge in [-0.25, -0.2) is 4.98 Å². The number of hydrogen-bond acceptors (Lipinski definition) is 4. The second kappa shape index (κ2) is 7.34. The predicted molar refractivity (Wildman–Crippen MR) is 94.0 cm³/mol. The van der Waals surface area contributed by atoms with Crippen molar-refractivity contribution in [3.63, 3.8) is 0 Å². The first-order valence-electron chi connectivity index (χ1n) is 8.37. The third kappa shape index (κ3) is 3.67. The number of piperidine rings is 1. The molecule has 0 bridgehead atoms. The largest absolute Gasteiger partial charge is 0.438 e. The fourth-order valence-corrected chi connectivity index (χ4v) is 2.89. The maximum atomic E-state index is 9.59. The summed E-state index contributed by atoms with van der Waals surface area (Å²) in [4.78, 5) is 6.61. The van der Waals surface area contributed by atoms with Gasteiger partial charge in [-0.3, -0.25) is 0 Å². The molecule has 1 aliphatic heterocycles. The molecule has 0 amide bonds. The van der Waals surface area contributed by atoms with Crippen molar-refractivity contribution in [1.29, 1.82) is 0 Å². The predicted octanol–water partition coefficient (Wildman–Crippen LogP) is 4.11. The summed E-state index contributed by atoms with van der Waals surface area (Å²) in [7, 11) is 0. The number of likely N-dealkylation sites (tertiary alicyclic amines) is 1. The summed E-state index contributed by atoms with van der Waals surface area (Å²) in [6.07, 6.45) is 3.42. The van der Waals surface area contributed by atoms with E-state index < -0.39 is 0 Å². The summed E-state index contributed by atoms with van der Waals surface area (Å²) in [6.45, 7) is 5.73. The molecule has 1 aromatic heterocycles. The zero-order valence-electron chi connectivity index (χ0n) is 14.2. The van der Waals surface area contributed by atoms with Crippen molar-refractivity contribution in [2.45, 2.75) is 33.1 Å². The Labute approximate surface area is 142 Å². The normalized spacial score (nSPS) is 15.4. The standard InChI is InChI=1S/C19H23N3O2/c1-14-6-9-16(10-7-14)24-19-17(11-8-15(2)20-19)18(21-23)22-12-4-3-5-13-22/h6-11,23H,3-5,12-13H2,1-2H3/b21-18-. The molecule has 0 aliphatic carbocycles. The van der Waals surface area contributed by atoms with Gasteiger partial charge in [0, 0.05) is 18.8 Å². The molecule has 2 aromatic rings. The van der Waals surface area contributed by atoms with Crippen LogP contribution in [0.25, 0.3) is 0 Å². The van der Waals surface area contributed by atoms with Crippen LogP contribution in [0.5, 0.6) is 11.6 Å². The molecule has 24 heavy (non-hydrogen) atoms. The molecule has 126 valence electrons. The minimum Gasteiger partial charge on any atom is -0.438 e. The molecule has 5 heteroatoms. The van der Waals surface area contributed by atoms with E-state index in [9.17, 15) is 5.21 Å². The van der Waals surface area contributed by atoms with Crippen LogP contribution >= 0.6 is 0 Å². The second-order valence-corrected chi connectivity index (χ2v) is 6.19. The number of aryl methyl sites for hydroxylation is 2. The monoisotopic (exact) mass is 325 g/mol. The van der Waals surface area contributed by atoms with Crippen LogP contribution in [0.4, 0.5) is 0 Å². The number of rotatable bonds is 3. The van der Waals surface area contributed by atoms with Crippen molar-refractivity contribution >= 4 is 5.84 Å². The fraction of sp³-hybridized carbons (Fsp3) is 0.368. The Morgan fingerprint density at radius 1 is 1.04 bits per heavy atom. The first kappa shape index (κ1) is 16.3. The Hall–Kier alpha value is -2.56. The minimum absolute atomic E-state index is 0.470. The molecule has 0 unspecified atom stereocenters. The van der Waals surface area contributed by atoms with Gasteiger partial charge in [-0.05, 0) is 57.4 Å². The smallest absolute Gasteiger partial charge is 0.230 e. The van der Waals surface area contributed by atoms with Crippen LogP contribution in [-0.2, 0) is 0 Å². The van der Waals surface area contributed by atoms with Crippen molar-refractivity contribution in [2.24, 2.45) is 5.16 Å². The molecule has 0 atom stereocenters. The molecule has 3 rings (SSSR count). The SMILES string of the molecule is Cc1ccc(Oc2nc(C)ccc2/C(=N/O)N2CCCCC2)cc1. The topological polar surface area (TPSA) is 58.0 Å². The Kier molecular flexibility index (Phi) is 4.99. The average Bonchev–Trinajstić information content (AvgIpc) is 2.60. The van der Waals surface area contributed by atoms with Gasteiger partial charge in [0.05, 0.1) is 5.56 Å². The number of benzene rings is 1. The van der Waals surface area contributed by atoms with Crippen molar-refractivity contribution < 1.29 is 9.94 Å². The molecule has 5 nitrogen and oxygen atoms in total. The molecule has 0 radical (unpaired) electrons. The highest BCUT2D eigenvalue weighted by atomic mass is 16.5. The lowest BCUT2D eigenvalue weighted by molar-refractivity contribution is 0.285. The van der Waals surface area contributed by atoms with Crippen molar-refractivity contribution in [3.05, 3.63) is 53.2 Å². The summed E-state index contributed by atoms with van der Waals surface area (Å²) in [5.74, 6) is 1.72. The zero-order valence-corrected chi connectivity index (χ0v) is 14.2. The van der Waals surface area contributed by atoms with E-state index in [0.717, 1.165) is 37.4 Å². The molecule has 0 saturated carbocycles. The first-order valence-corrected chi connectivity index (χ1v) is 8.37. The highest BCUT2D eigenvalue weighted by molar-refractivity contribution is 6.00. The van der Waals surface area contributed by atoms with Gasteiger partial charge in [0.2, 0.25) is 5.88 Å². The van der Waals surface area contributed by atoms with E-state index in [1.807, 2.05) is 50.2 Å². The highest BCUT2D eigenvalue weighted by Crippen LogP contribution is 2.26. The second-order valence-electron chi connectivity index (χ2n) is 6.19. The lowest BCUT2D eigenvalue weighted by Crippen LogP contribution is -2.36. The number of oxime groups is 1. The molecule has 1 fully saturated rings. The van der Waals surface area contributed by atoms with Crippen LogP contribution in [0.15, 0.2) is 41.6 Å². The first-order chi connectivity index (χ1) is 11.7. The maximum Gasteiger partial charge on any atom is 0.230 e. The Bertz CT molecular complexity index is 720. The van der Waals surface area contributed by atoms with Crippen LogP contribution in [0.3, 0.4) is 0 Å². The Balaban J connectivity index is 1.93. The summed E-state index contributed by atoms with van der Waals surface area (Å²) < 4.78 is 5.99. The number of nitrogens with zero attached hydrogens (tertiary/aromatic N) is 3. The van der Waals surface area contributed by atoms with Crippen molar-refractivity contribution in [3.8, 4) is 11.6 Å². The van der Waals surface area contributed by atoms with E-state index >= 15 is 0 Å². The van der Waals surface area contributed by atoms with Gasteiger partial charge in [0.25, 0.3) is 0 Å². The van der Waals surface area contributed by atoms with E-state index in [4.69, 9.17) is 4.74 Å². The van der Waals surface area contributed by atoms with Crippen molar-refractivity contribution in [1.82, 2.24) is 9.88 Å². The van der Waals surface area contributed by atoms with Gasteiger partial charge in [0.15, 0.2) is 5.84 Å². The third-order valence-corrected chi connectivity index (χ3v) is 4.23. The van der Waals surface area contributed by atoms with Gasteiger partial charge < -0.3 is 14.8 Å². The molecule has 1 saturated heterocycles. The Morgan fingerprint density at radius 2 is 1.75 bits per heavy atom.